The molecular formula is C26H31ClN2O6. The molecule has 1 N–H and O–H groups in total. The summed E-state index contributed by atoms with van der Waals surface area (Å²) in [6.07, 6.45) is 0.795. The Morgan fingerprint density at radius 2 is 1.83 bits per heavy atom. The maximum Gasteiger partial charge on any atom is 0.295 e. The van der Waals surface area contributed by atoms with Crippen LogP contribution in [0.15, 0.2) is 42.0 Å². The molecule has 1 saturated heterocycles. The first-order valence-electron chi connectivity index (χ1n) is 11.3. The Bertz CT molecular complexity index is 1130. The molecule has 1 atom stereocenters. The zero-order valence-electron chi connectivity index (χ0n) is 20.6. The Kier molecular flexibility index (Phi) is 8.64. The molecule has 188 valence electrons. The molecule has 2 aromatic rings. The minimum atomic E-state index is -0.841. The fourth-order valence-electron chi connectivity index (χ4n) is 3.91. The van der Waals surface area contributed by atoms with Crippen molar-refractivity contribution in [2.24, 2.45) is 0 Å². The van der Waals surface area contributed by atoms with Crippen LogP contribution < -0.4 is 14.2 Å². The molecule has 0 radical (unpaired) electrons. The third-order valence-corrected chi connectivity index (χ3v) is 6.05. The average Bonchev–Trinajstić information content (AvgIpc) is 3.10. The van der Waals surface area contributed by atoms with Crippen molar-refractivity contribution in [3.05, 3.63) is 58.1 Å². The van der Waals surface area contributed by atoms with Crippen molar-refractivity contribution >= 4 is 29.1 Å². The van der Waals surface area contributed by atoms with Gasteiger partial charge in [0.25, 0.3) is 11.7 Å². The number of methoxy groups -OCH3 is 2. The number of hydrogen-bond acceptors (Lipinski definition) is 7. The van der Waals surface area contributed by atoms with Crippen LogP contribution in [0.2, 0.25) is 5.02 Å². The van der Waals surface area contributed by atoms with E-state index in [1.165, 1.54) is 18.1 Å². The van der Waals surface area contributed by atoms with Crippen LogP contribution in [0.4, 0.5) is 0 Å². The molecule has 35 heavy (non-hydrogen) atoms. The lowest BCUT2D eigenvalue weighted by Gasteiger charge is -2.27. The molecule has 1 unspecified atom stereocenters. The summed E-state index contributed by atoms with van der Waals surface area (Å²) in [5, 5.41) is 11.5. The van der Waals surface area contributed by atoms with Crippen molar-refractivity contribution in [2.75, 3.05) is 48.0 Å². The second kappa shape index (κ2) is 11.5. The Balaban J connectivity index is 2.21. The fourth-order valence-corrected chi connectivity index (χ4v) is 4.12. The summed E-state index contributed by atoms with van der Waals surface area (Å²) >= 11 is 6.36. The second-order valence-electron chi connectivity index (χ2n) is 8.40. The second-order valence-corrected chi connectivity index (χ2v) is 8.81. The summed E-state index contributed by atoms with van der Waals surface area (Å²) in [6, 6.07) is 9.14. The van der Waals surface area contributed by atoms with Gasteiger partial charge in [-0.15, -0.1) is 0 Å². The smallest absolute Gasteiger partial charge is 0.295 e. The van der Waals surface area contributed by atoms with Gasteiger partial charge in [0.15, 0.2) is 11.5 Å². The Morgan fingerprint density at radius 1 is 1.09 bits per heavy atom. The van der Waals surface area contributed by atoms with E-state index in [2.05, 4.69) is 0 Å². The molecule has 0 aromatic heterocycles. The number of nitrogens with zero attached hydrogens (tertiary/aromatic N) is 2. The SMILES string of the molecule is CCCOc1cc(C2/C(=C(\O)c3cc(OC)ccc3Cl)C(=O)C(=O)N2CCN(C)C)ccc1OC. The van der Waals surface area contributed by atoms with E-state index < -0.39 is 17.7 Å². The predicted octanol–water partition coefficient (Wildman–Crippen LogP) is 4.13. The van der Waals surface area contributed by atoms with Gasteiger partial charge in [0.05, 0.1) is 37.5 Å². The van der Waals surface area contributed by atoms with Gasteiger partial charge in [-0.25, -0.2) is 0 Å². The lowest BCUT2D eigenvalue weighted by molar-refractivity contribution is -0.140. The minimum absolute atomic E-state index is 0.0458. The standard InChI is InChI=1S/C26H31ClN2O6/c1-6-13-35-21-14-16(7-10-20(21)34-5)23-22(25(31)26(32)29(23)12-11-28(2)3)24(30)18-15-17(33-4)8-9-19(18)27/h7-10,14-15,23,30H,6,11-13H2,1-5H3/b24-22+. The monoisotopic (exact) mass is 502 g/mol. The van der Waals surface area contributed by atoms with E-state index in [0.717, 1.165) is 6.42 Å². The van der Waals surface area contributed by atoms with E-state index in [9.17, 15) is 14.7 Å². The first-order chi connectivity index (χ1) is 16.7. The number of ketones is 1. The zero-order valence-corrected chi connectivity index (χ0v) is 21.4. The van der Waals surface area contributed by atoms with Crippen LogP contribution in [0.25, 0.3) is 5.76 Å². The van der Waals surface area contributed by atoms with Gasteiger partial charge in [-0.05, 0) is 56.4 Å². The molecule has 0 aliphatic carbocycles. The van der Waals surface area contributed by atoms with Gasteiger partial charge in [-0.1, -0.05) is 24.6 Å². The molecular weight excluding hydrogens is 472 g/mol. The number of halogens is 1. The van der Waals surface area contributed by atoms with Crippen LogP contribution in [-0.4, -0.2) is 74.6 Å². The van der Waals surface area contributed by atoms with Crippen molar-refractivity contribution in [2.45, 2.75) is 19.4 Å². The van der Waals surface area contributed by atoms with Crippen molar-refractivity contribution in [1.29, 1.82) is 0 Å². The van der Waals surface area contributed by atoms with Gasteiger partial charge < -0.3 is 29.1 Å². The average molecular weight is 503 g/mol. The van der Waals surface area contributed by atoms with Crippen LogP contribution in [0.1, 0.15) is 30.5 Å². The highest BCUT2D eigenvalue weighted by Gasteiger charge is 2.46. The number of benzene rings is 2. The van der Waals surface area contributed by atoms with Crippen LogP contribution in [-0.2, 0) is 9.59 Å². The summed E-state index contributed by atoms with van der Waals surface area (Å²) in [4.78, 5) is 29.8. The molecule has 3 rings (SSSR count). The van der Waals surface area contributed by atoms with Crippen molar-refractivity contribution < 1.29 is 28.9 Å². The topological polar surface area (TPSA) is 88.5 Å². The quantitative estimate of drug-likeness (QED) is 0.297. The molecule has 8 nitrogen and oxygen atoms in total. The molecule has 1 aliphatic rings. The van der Waals surface area contributed by atoms with Crippen molar-refractivity contribution in [3.8, 4) is 17.2 Å². The number of carbonyl (C=O) groups is 2. The van der Waals surface area contributed by atoms with Crippen molar-refractivity contribution in [3.63, 3.8) is 0 Å². The number of ether oxygens (including phenoxy) is 3. The third-order valence-electron chi connectivity index (χ3n) is 5.72. The maximum absolute atomic E-state index is 13.3. The van der Waals surface area contributed by atoms with E-state index in [1.807, 2.05) is 25.9 Å². The summed E-state index contributed by atoms with van der Waals surface area (Å²) < 4.78 is 16.5. The van der Waals surface area contributed by atoms with Gasteiger partial charge in [0.2, 0.25) is 0 Å². The highest BCUT2D eigenvalue weighted by Crippen LogP contribution is 2.43. The van der Waals surface area contributed by atoms with Gasteiger partial charge >= 0.3 is 0 Å². The Morgan fingerprint density at radius 3 is 2.46 bits per heavy atom. The predicted molar refractivity (Wildman–Crippen MR) is 134 cm³/mol. The number of aliphatic hydroxyl groups is 1. The normalized spacial score (nSPS) is 17.2. The summed E-state index contributed by atoms with van der Waals surface area (Å²) in [7, 11) is 6.79. The van der Waals surface area contributed by atoms with E-state index in [0.29, 0.717) is 36.0 Å². The number of rotatable bonds is 10. The van der Waals surface area contributed by atoms with Crippen LogP contribution in [0.3, 0.4) is 0 Å². The first-order valence-corrected chi connectivity index (χ1v) is 11.7. The third kappa shape index (κ3) is 5.55. The van der Waals surface area contributed by atoms with Crippen LogP contribution >= 0.6 is 11.6 Å². The number of hydrogen-bond donors (Lipinski definition) is 1. The number of carbonyl (C=O) groups excluding carboxylic acids is 2. The number of Topliss-reactive ketones (excluding diaryl/α,β-unsaturated/α-hetero) is 1. The van der Waals surface area contributed by atoms with E-state index >= 15 is 0 Å². The Labute approximate surface area is 210 Å². The molecule has 0 bridgehead atoms. The largest absolute Gasteiger partial charge is 0.507 e. The number of likely N-dealkylation sites (N-methyl/N-ethyl adjacent to an activating group) is 1. The zero-order chi connectivity index (χ0) is 25.7. The fraction of sp³-hybridized carbons (Fsp3) is 0.385. The lowest BCUT2D eigenvalue weighted by atomic mass is 9.95. The number of likely N-dealkylation sites (tertiary alicyclic amines) is 1. The molecule has 1 aliphatic heterocycles. The maximum atomic E-state index is 13.3. The lowest BCUT2D eigenvalue weighted by Crippen LogP contribution is -2.35. The Hall–Kier alpha value is -3.23. The number of amides is 1. The van der Waals surface area contributed by atoms with E-state index in [-0.39, 0.29) is 28.5 Å². The molecule has 0 spiro atoms. The molecule has 1 fully saturated rings. The van der Waals surface area contributed by atoms with E-state index in [4.69, 9.17) is 25.8 Å². The summed E-state index contributed by atoms with van der Waals surface area (Å²) in [5.74, 6) is -0.362. The van der Waals surface area contributed by atoms with Crippen molar-refractivity contribution in [1.82, 2.24) is 9.80 Å². The highest BCUT2D eigenvalue weighted by molar-refractivity contribution is 6.47. The van der Waals surface area contributed by atoms with Crippen LogP contribution in [0.5, 0.6) is 17.2 Å². The van der Waals surface area contributed by atoms with Gasteiger partial charge in [-0.3, -0.25) is 9.59 Å². The van der Waals surface area contributed by atoms with Gasteiger partial charge in [-0.2, -0.15) is 0 Å². The van der Waals surface area contributed by atoms with Gasteiger partial charge in [0, 0.05) is 18.7 Å². The van der Waals surface area contributed by atoms with E-state index in [1.54, 1.807) is 37.4 Å². The molecule has 1 amide bonds. The number of aliphatic hydroxyl groups excluding tert-OH is 1. The molecule has 2 aromatic carbocycles. The molecule has 9 heteroatoms. The van der Waals surface area contributed by atoms with Crippen LogP contribution in [0, 0.1) is 0 Å². The first kappa shape index (κ1) is 26.4. The summed E-state index contributed by atoms with van der Waals surface area (Å²) in [6.45, 7) is 3.27. The molecule has 1 heterocycles. The molecule has 0 saturated carbocycles. The van der Waals surface area contributed by atoms with Gasteiger partial charge in [0.1, 0.15) is 11.5 Å². The highest BCUT2D eigenvalue weighted by atomic mass is 35.5. The minimum Gasteiger partial charge on any atom is -0.507 e. The summed E-state index contributed by atoms with van der Waals surface area (Å²) in [5.41, 5.74) is 0.767.